The monoisotopic (exact) mass is 334 g/mol. The molecule has 0 radical (unpaired) electrons. The summed E-state index contributed by atoms with van der Waals surface area (Å²) in [6.07, 6.45) is 3.95. The number of aromatic nitrogens is 2. The number of esters is 1. The highest BCUT2D eigenvalue weighted by Gasteiger charge is 2.12. The molecule has 23 heavy (non-hydrogen) atoms. The Morgan fingerprint density at radius 3 is 2.78 bits per heavy atom. The maximum absolute atomic E-state index is 11.7. The van der Waals surface area contributed by atoms with E-state index in [1.807, 2.05) is 17.5 Å². The molecular weight excluding hydrogens is 316 g/mol. The summed E-state index contributed by atoms with van der Waals surface area (Å²) in [4.78, 5) is 34.1. The van der Waals surface area contributed by atoms with Crippen molar-refractivity contribution in [2.24, 2.45) is 0 Å². The molecular formula is C15H18N4O3S. The fraction of sp³-hybridized carbons (Fsp3) is 0.333. The minimum atomic E-state index is -0.506. The Balaban J connectivity index is 1.62. The van der Waals surface area contributed by atoms with Crippen LogP contribution in [0, 0.1) is 0 Å². The van der Waals surface area contributed by atoms with Gasteiger partial charge in [-0.3, -0.25) is 9.59 Å². The Morgan fingerprint density at radius 1 is 1.30 bits per heavy atom. The van der Waals surface area contributed by atoms with Gasteiger partial charge in [0.05, 0.1) is 0 Å². The van der Waals surface area contributed by atoms with Crippen molar-refractivity contribution in [3.63, 3.8) is 0 Å². The number of nitrogens with zero attached hydrogens (tertiary/aromatic N) is 3. The van der Waals surface area contributed by atoms with Crippen LogP contribution in [-0.2, 0) is 20.7 Å². The number of carbonyl (C=O) groups is 2. The van der Waals surface area contributed by atoms with E-state index >= 15 is 0 Å². The zero-order valence-electron chi connectivity index (χ0n) is 12.8. The molecule has 0 aromatic carbocycles. The normalized spacial score (nSPS) is 10.1. The largest absolute Gasteiger partial charge is 0.454 e. The number of ether oxygens (including phenoxy) is 1. The van der Waals surface area contributed by atoms with Crippen LogP contribution in [0.2, 0.25) is 0 Å². The van der Waals surface area contributed by atoms with Gasteiger partial charge < -0.3 is 15.0 Å². The molecule has 0 bridgehead atoms. The van der Waals surface area contributed by atoms with Gasteiger partial charge in [-0.15, -0.1) is 11.3 Å². The van der Waals surface area contributed by atoms with Crippen molar-refractivity contribution in [2.75, 3.05) is 31.6 Å². The van der Waals surface area contributed by atoms with Crippen molar-refractivity contribution in [1.29, 1.82) is 0 Å². The number of hydrogen-bond donors (Lipinski definition) is 1. The van der Waals surface area contributed by atoms with Gasteiger partial charge in [0.15, 0.2) is 6.61 Å². The highest BCUT2D eigenvalue weighted by atomic mass is 32.1. The summed E-state index contributed by atoms with van der Waals surface area (Å²) in [5.74, 6) is -0.397. The van der Waals surface area contributed by atoms with Gasteiger partial charge in [0.25, 0.3) is 5.91 Å². The van der Waals surface area contributed by atoms with Crippen LogP contribution in [0.5, 0.6) is 0 Å². The molecule has 0 aliphatic rings. The summed E-state index contributed by atoms with van der Waals surface area (Å²) in [6.45, 7) is 0.216. The molecule has 7 nitrogen and oxygen atoms in total. The van der Waals surface area contributed by atoms with Gasteiger partial charge in [0.1, 0.15) is 6.54 Å². The van der Waals surface area contributed by atoms with Crippen LogP contribution in [0.1, 0.15) is 4.88 Å². The molecule has 122 valence electrons. The maximum Gasteiger partial charge on any atom is 0.326 e. The van der Waals surface area contributed by atoms with Crippen molar-refractivity contribution in [3.8, 4) is 0 Å². The lowest BCUT2D eigenvalue weighted by Gasteiger charge is -2.15. The minimum Gasteiger partial charge on any atom is -0.454 e. The fourth-order valence-electron chi connectivity index (χ4n) is 1.78. The summed E-state index contributed by atoms with van der Waals surface area (Å²) in [5.41, 5.74) is 0. The van der Waals surface area contributed by atoms with Crippen molar-refractivity contribution < 1.29 is 14.3 Å². The third-order valence-electron chi connectivity index (χ3n) is 2.90. The third kappa shape index (κ3) is 6.03. The maximum atomic E-state index is 11.7. The Hall–Kier alpha value is -2.48. The smallest absolute Gasteiger partial charge is 0.326 e. The van der Waals surface area contributed by atoms with E-state index in [1.165, 1.54) is 4.88 Å². The van der Waals surface area contributed by atoms with E-state index in [0.29, 0.717) is 12.5 Å². The van der Waals surface area contributed by atoms with Crippen LogP contribution in [0.3, 0.4) is 0 Å². The van der Waals surface area contributed by atoms with Crippen molar-refractivity contribution in [1.82, 2.24) is 15.3 Å². The molecule has 8 heteroatoms. The lowest BCUT2D eigenvalue weighted by atomic mass is 10.3. The molecule has 0 saturated carbocycles. The van der Waals surface area contributed by atoms with Gasteiger partial charge in [-0.1, -0.05) is 6.07 Å². The first-order valence-electron chi connectivity index (χ1n) is 7.08. The molecule has 0 aliphatic heterocycles. The Bertz CT molecular complexity index is 619. The first-order valence-corrected chi connectivity index (χ1v) is 7.96. The van der Waals surface area contributed by atoms with Gasteiger partial charge >= 0.3 is 5.97 Å². The number of amides is 1. The van der Waals surface area contributed by atoms with Crippen LogP contribution < -0.4 is 10.2 Å². The first kappa shape index (κ1) is 16.9. The zero-order chi connectivity index (χ0) is 16.5. The molecule has 0 aliphatic carbocycles. The second-order valence-electron chi connectivity index (χ2n) is 4.74. The van der Waals surface area contributed by atoms with Gasteiger partial charge in [0.2, 0.25) is 5.95 Å². The average molecular weight is 334 g/mol. The quantitative estimate of drug-likeness (QED) is 0.721. The second-order valence-corrected chi connectivity index (χ2v) is 5.78. The second kappa shape index (κ2) is 8.84. The molecule has 2 aromatic heterocycles. The standard InChI is InChI=1S/C15H18N4O3S/c1-19(15-17-6-3-7-18-15)10-14(21)22-11-13(20)16-8-5-12-4-2-9-23-12/h2-4,6-7,9H,5,8,10-11H2,1H3,(H,16,20). The third-order valence-corrected chi connectivity index (χ3v) is 3.83. The van der Waals surface area contributed by atoms with Crippen LogP contribution in [0.4, 0.5) is 5.95 Å². The molecule has 0 saturated heterocycles. The number of thiophene rings is 1. The first-order chi connectivity index (χ1) is 11.1. The summed E-state index contributed by atoms with van der Waals surface area (Å²) < 4.78 is 4.94. The van der Waals surface area contributed by atoms with E-state index in [-0.39, 0.29) is 19.1 Å². The zero-order valence-corrected chi connectivity index (χ0v) is 13.6. The average Bonchev–Trinajstić information content (AvgIpc) is 3.07. The van der Waals surface area contributed by atoms with Crippen molar-refractivity contribution in [3.05, 3.63) is 40.8 Å². The number of anilines is 1. The SMILES string of the molecule is CN(CC(=O)OCC(=O)NCCc1cccs1)c1ncccn1. The lowest BCUT2D eigenvalue weighted by Crippen LogP contribution is -2.33. The summed E-state index contributed by atoms with van der Waals surface area (Å²) in [5, 5.41) is 4.71. The summed E-state index contributed by atoms with van der Waals surface area (Å²) >= 11 is 1.64. The molecule has 2 rings (SSSR count). The van der Waals surface area contributed by atoms with Crippen molar-refractivity contribution >= 4 is 29.2 Å². The minimum absolute atomic E-state index is 0.0213. The molecule has 1 N–H and O–H groups in total. The Morgan fingerprint density at radius 2 is 2.09 bits per heavy atom. The highest BCUT2D eigenvalue weighted by molar-refractivity contribution is 7.09. The van der Waals surface area contributed by atoms with E-state index in [0.717, 1.165) is 6.42 Å². The molecule has 1 amide bonds. The van der Waals surface area contributed by atoms with Gasteiger partial charge in [-0.05, 0) is 23.9 Å². The van der Waals surface area contributed by atoms with Crippen molar-refractivity contribution in [2.45, 2.75) is 6.42 Å². The predicted molar refractivity (Wildman–Crippen MR) is 87.3 cm³/mol. The van der Waals surface area contributed by atoms with E-state index in [2.05, 4.69) is 15.3 Å². The Kier molecular flexibility index (Phi) is 6.49. The number of hydrogen-bond acceptors (Lipinski definition) is 7. The molecule has 0 spiro atoms. The molecule has 2 aromatic rings. The van der Waals surface area contributed by atoms with Gasteiger partial charge in [0, 0.05) is 30.9 Å². The molecule has 0 unspecified atom stereocenters. The van der Waals surface area contributed by atoms with Gasteiger partial charge in [-0.25, -0.2) is 9.97 Å². The van der Waals surface area contributed by atoms with E-state index in [1.54, 1.807) is 41.7 Å². The number of rotatable bonds is 8. The highest BCUT2D eigenvalue weighted by Crippen LogP contribution is 2.08. The summed E-state index contributed by atoms with van der Waals surface area (Å²) in [6, 6.07) is 5.67. The van der Waals surface area contributed by atoms with E-state index < -0.39 is 5.97 Å². The number of carbonyl (C=O) groups excluding carboxylic acids is 2. The number of nitrogens with one attached hydrogen (secondary N) is 1. The number of likely N-dealkylation sites (N-methyl/N-ethyl adjacent to an activating group) is 1. The van der Waals surface area contributed by atoms with Crippen LogP contribution in [-0.4, -0.2) is 48.6 Å². The van der Waals surface area contributed by atoms with Gasteiger partial charge in [-0.2, -0.15) is 0 Å². The Labute approximate surface area is 138 Å². The molecule has 0 atom stereocenters. The summed E-state index contributed by atoms with van der Waals surface area (Å²) in [7, 11) is 1.68. The molecule has 2 heterocycles. The topological polar surface area (TPSA) is 84.4 Å². The van der Waals surface area contributed by atoms with Crippen LogP contribution in [0.15, 0.2) is 36.0 Å². The van der Waals surface area contributed by atoms with Crippen LogP contribution >= 0.6 is 11.3 Å². The van der Waals surface area contributed by atoms with E-state index in [4.69, 9.17) is 4.74 Å². The van der Waals surface area contributed by atoms with E-state index in [9.17, 15) is 9.59 Å². The lowest BCUT2D eigenvalue weighted by molar-refractivity contribution is -0.147. The van der Waals surface area contributed by atoms with Crippen LogP contribution in [0.25, 0.3) is 0 Å². The molecule has 0 fully saturated rings. The predicted octanol–water partition coefficient (Wildman–Crippen LogP) is 0.876. The fourth-order valence-corrected chi connectivity index (χ4v) is 2.48.